The third-order valence-corrected chi connectivity index (χ3v) is 7.16. The fraction of sp³-hybridized carbons (Fsp3) is 0.208. The summed E-state index contributed by atoms with van der Waals surface area (Å²) in [5.74, 6) is -0.513. The number of hydrogen-bond donors (Lipinski definition) is 1. The lowest BCUT2D eigenvalue weighted by atomic mass is 10.1. The van der Waals surface area contributed by atoms with Gasteiger partial charge in [-0.05, 0) is 55.8 Å². The van der Waals surface area contributed by atoms with Crippen LogP contribution in [0, 0.1) is 12.7 Å². The lowest BCUT2D eigenvalue weighted by molar-refractivity contribution is -0.128. The molecule has 1 aliphatic rings. The number of para-hydroxylation sites is 2. The van der Waals surface area contributed by atoms with E-state index in [9.17, 15) is 17.6 Å². The van der Waals surface area contributed by atoms with Crippen molar-refractivity contribution in [3.05, 3.63) is 89.7 Å². The third-order valence-electron chi connectivity index (χ3n) is 5.37. The van der Waals surface area contributed by atoms with Gasteiger partial charge < -0.3 is 10.1 Å². The Hall–Kier alpha value is -3.39. The van der Waals surface area contributed by atoms with E-state index in [1.54, 1.807) is 67.6 Å². The van der Waals surface area contributed by atoms with E-state index < -0.39 is 28.1 Å². The first-order valence-corrected chi connectivity index (χ1v) is 11.6. The minimum absolute atomic E-state index is 0.138. The Kier molecular flexibility index (Phi) is 5.88. The molecule has 1 aliphatic heterocycles. The quantitative estimate of drug-likeness (QED) is 0.633. The predicted molar refractivity (Wildman–Crippen MR) is 120 cm³/mol. The molecule has 4 rings (SSSR count). The van der Waals surface area contributed by atoms with E-state index in [0.29, 0.717) is 11.4 Å². The molecule has 0 aromatic heterocycles. The zero-order valence-corrected chi connectivity index (χ0v) is 18.5. The fourth-order valence-corrected chi connectivity index (χ4v) is 5.02. The number of benzene rings is 3. The van der Waals surface area contributed by atoms with Gasteiger partial charge in [0.05, 0.1) is 23.2 Å². The van der Waals surface area contributed by atoms with Crippen LogP contribution < -0.4 is 14.4 Å². The molecular formula is C24H23FN2O4S. The van der Waals surface area contributed by atoms with E-state index >= 15 is 0 Å². The lowest BCUT2D eigenvalue weighted by Crippen LogP contribution is -2.51. The zero-order chi connectivity index (χ0) is 22.9. The molecule has 0 fully saturated rings. The molecule has 0 saturated heterocycles. The Bertz CT molecular complexity index is 1230. The summed E-state index contributed by atoms with van der Waals surface area (Å²) in [5.41, 5.74) is 2.04. The highest BCUT2D eigenvalue weighted by Crippen LogP contribution is 2.37. The van der Waals surface area contributed by atoms with Crippen LogP contribution in [0.2, 0.25) is 0 Å². The predicted octanol–water partition coefficient (Wildman–Crippen LogP) is 3.97. The molecule has 0 unspecified atom stereocenters. The van der Waals surface area contributed by atoms with Crippen molar-refractivity contribution in [3.63, 3.8) is 0 Å². The molecule has 6 nitrogen and oxygen atoms in total. The smallest absolute Gasteiger partial charge is 0.264 e. The number of nitrogens with zero attached hydrogens (tertiary/aromatic N) is 1. The number of nitrogens with one attached hydrogen (secondary N) is 1. The number of rotatable bonds is 5. The molecule has 3 aromatic carbocycles. The number of aryl methyl sites for hydroxylation is 1. The number of sulfonamides is 1. The molecular weight excluding hydrogens is 431 g/mol. The SMILES string of the molecule is Cc1ccc(S(=O)(=O)N2C[C@@H](C(=O)N[C@H](C)c3ccc(F)cc3)Oc3ccccc32)cc1. The van der Waals surface area contributed by atoms with Gasteiger partial charge in [0.25, 0.3) is 15.9 Å². The second-order valence-corrected chi connectivity index (χ2v) is 9.57. The molecule has 0 bridgehead atoms. The Morgan fingerprint density at radius 1 is 1.06 bits per heavy atom. The summed E-state index contributed by atoms with van der Waals surface area (Å²) in [6.07, 6.45) is -1.05. The van der Waals surface area contributed by atoms with Crippen molar-refractivity contribution in [2.75, 3.05) is 10.8 Å². The van der Waals surface area contributed by atoms with Crippen LogP contribution in [0.15, 0.2) is 77.7 Å². The van der Waals surface area contributed by atoms with Gasteiger partial charge in [0, 0.05) is 0 Å². The van der Waals surface area contributed by atoms with Crippen molar-refractivity contribution < 1.29 is 22.3 Å². The lowest BCUT2D eigenvalue weighted by Gasteiger charge is -2.35. The maximum absolute atomic E-state index is 13.4. The van der Waals surface area contributed by atoms with Gasteiger partial charge in [0.1, 0.15) is 11.6 Å². The fourth-order valence-electron chi connectivity index (χ4n) is 3.54. The van der Waals surface area contributed by atoms with E-state index in [4.69, 9.17) is 4.74 Å². The van der Waals surface area contributed by atoms with Gasteiger partial charge in [-0.3, -0.25) is 9.10 Å². The second kappa shape index (κ2) is 8.63. The Balaban J connectivity index is 1.61. The van der Waals surface area contributed by atoms with E-state index in [-0.39, 0.29) is 17.3 Å². The number of fused-ring (bicyclic) bond motifs is 1. The molecule has 32 heavy (non-hydrogen) atoms. The third kappa shape index (κ3) is 4.31. The number of carbonyl (C=O) groups is 1. The van der Waals surface area contributed by atoms with Crippen molar-refractivity contribution in [2.24, 2.45) is 0 Å². The van der Waals surface area contributed by atoms with Crippen molar-refractivity contribution in [1.82, 2.24) is 5.32 Å². The summed E-state index contributed by atoms with van der Waals surface area (Å²) in [6, 6.07) is 18.7. The van der Waals surface area contributed by atoms with Gasteiger partial charge in [-0.2, -0.15) is 0 Å². The maximum Gasteiger partial charge on any atom is 0.264 e. The Morgan fingerprint density at radius 3 is 2.41 bits per heavy atom. The van der Waals surface area contributed by atoms with E-state index in [1.807, 2.05) is 6.92 Å². The van der Waals surface area contributed by atoms with Gasteiger partial charge in [0.2, 0.25) is 0 Å². The summed E-state index contributed by atoms with van der Waals surface area (Å²) in [4.78, 5) is 13.1. The number of ether oxygens (including phenoxy) is 1. The highest BCUT2D eigenvalue weighted by molar-refractivity contribution is 7.92. The van der Waals surface area contributed by atoms with Gasteiger partial charge in [0.15, 0.2) is 6.10 Å². The minimum atomic E-state index is -3.91. The summed E-state index contributed by atoms with van der Waals surface area (Å²) < 4.78 is 47.1. The largest absolute Gasteiger partial charge is 0.476 e. The number of anilines is 1. The number of amides is 1. The zero-order valence-electron chi connectivity index (χ0n) is 17.7. The standard InChI is InChI=1S/C24H23FN2O4S/c1-16-7-13-20(14-8-16)32(29,30)27-15-23(31-22-6-4-3-5-21(22)27)24(28)26-17(2)18-9-11-19(25)12-10-18/h3-14,17,23H,15H2,1-2H3,(H,26,28)/t17-,23+/m1/s1. The normalized spacial score (nSPS) is 16.6. The van der Waals surface area contributed by atoms with Gasteiger partial charge >= 0.3 is 0 Å². The van der Waals surface area contributed by atoms with Crippen LogP contribution in [-0.2, 0) is 14.8 Å². The summed E-state index contributed by atoms with van der Waals surface area (Å²) in [7, 11) is -3.91. The van der Waals surface area contributed by atoms with Crippen LogP contribution in [0.5, 0.6) is 5.75 Å². The van der Waals surface area contributed by atoms with Gasteiger partial charge in [-0.25, -0.2) is 12.8 Å². The molecule has 8 heteroatoms. The van der Waals surface area contributed by atoms with Crippen LogP contribution in [0.1, 0.15) is 24.1 Å². The molecule has 1 heterocycles. The van der Waals surface area contributed by atoms with Gasteiger partial charge in [-0.15, -0.1) is 0 Å². The van der Waals surface area contributed by atoms with Crippen molar-refractivity contribution >= 4 is 21.6 Å². The Morgan fingerprint density at radius 2 is 1.72 bits per heavy atom. The van der Waals surface area contributed by atoms with Crippen LogP contribution in [0.4, 0.5) is 10.1 Å². The molecule has 3 aromatic rings. The van der Waals surface area contributed by atoms with Crippen LogP contribution in [-0.4, -0.2) is 27.0 Å². The minimum Gasteiger partial charge on any atom is -0.476 e. The highest BCUT2D eigenvalue weighted by atomic mass is 32.2. The summed E-state index contributed by atoms with van der Waals surface area (Å²) in [5, 5.41) is 2.83. The molecule has 1 amide bonds. The van der Waals surface area contributed by atoms with Crippen molar-refractivity contribution in [1.29, 1.82) is 0 Å². The number of halogens is 1. The molecule has 166 valence electrons. The second-order valence-electron chi connectivity index (χ2n) is 7.71. The average molecular weight is 455 g/mol. The molecule has 0 aliphatic carbocycles. The van der Waals surface area contributed by atoms with Crippen molar-refractivity contribution in [3.8, 4) is 5.75 Å². The summed E-state index contributed by atoms with van der Waals surface area (Å²) in [6.45, 7) is 3.47. The van der Waals surface area contributed by atoms with Crippen LogP contribution in [0.3, 0.4) is 0 Å². The Labute approximate surface area is 186 Å². The first-order valence-electron chi connectivity index (χ1n) is 10.2. The monoisotopic (exact) mass is 454 g/mol. The summed E-state index contributed by atoms with van der Waals surface area (Å²) >= 11 is 0. The average Bonchev–Trinajstić information content (AvgIpc) is 2.79. The molecule has 0 radical (unpaired) electrons. The highest BCUT2D eigenvalue weighted by Gasteiger charge is 2.37. The first-order chi connectivity index (χ1) is 15.3. The molecule has 1 N–H and O–H groups in total. The van der Waals surface area contributed by atoms with Crippen LogP contribution in [0.25, 0.3) is 0 Å². The van der Waals surface area contributed by atoms with E-state index in [2.05, 4.69) is 5.32 Å². The molecule has 2 atom stereocenters. The number of carbonyl (C=O) groups excluding carboxylic acids is 1. The van der Waals surface area contributed by atoms with Crippen molar-refractivity contribution in [2.45, 2.75) is 30.9 Å². The van der Waals surface area contributed by atoms with E-state index in [0.717, 1.165) is 11.1 Å². The molecule has 0 spiro atoms. The topological polar surface area (TPSA) is 75.7 Å². The maximum atomic E-state index is 13.4. The van der Waals surface area contributed by atoms with E-state index in [1.165, 1.54) is 16.4 Å². The van der Waals surface area contributed by atoms with Crippen LogP contribution >= 0.6 is 0 Å². The number of hydrogen-bond acceptors (Lipinski definition) is 4. The van der Waals surface area contributed by atoms with Gasteiger partial charge in [-0.1, -0.05) is 42.0 Å². The first kappa shape index (κ1) is 21.8. The molecule has 0 saturated carbocycles.